The number of thiophene rings is 1. The molecule has 1 aliphatic rings. The van der Waals surface area contributed by atoms with Crippen LogP contribution in [-0.2, 0) is 6.42 Å². The Morgan fingerprint density at radius 2 is 2.26 bits per heavy atom. The molecule has 2 atom stereocenters. The predicted molar refractivity (Wildman–Crippen MR) is 80.2 cm³/mol. The van der Waals surface area contributed by atoms with Gasteiger partial charge >= 0.3 is 0 Å². The van der Waals surface area contributed by atoms with Gasteiger partial charge in [-0.1, -0.05) is 18.2 Å². The SMILES string of the molecule is CNC(Cc1ccsc1)C1CCOc2ccccc21. The van der Waals surface area contributed by atoms with Crippen molar-refractivity contribution in [2.75, 3.05) is 13.7 Å². The number of benzene rings is 1. The number of hydrogen-bond donors (Lipinski definition) is 1. The van der Waals surface area contributed by atoms with E-state index < -0.39 is 0 Å². The normalized spacial score (nSPS) is 19.5. The fourth-order valence-electron chi connectivity index (χ4n) is 2.90. The minimum absolute atomic E-state index is 0.472. The molecular weight excluding hydrogens is 254 g/mol. The van der Waals surface area contributed by atoms with Crippen LogP contribution in [0.3, 0.4) is 0 Å². The molecule has 3 rings (SSSR count). The summed E-state index contributed by atoms with van der Waals surface area (Å²) in [5.74, 6) is 1.60. The largest absolute Gasteiger partial charge is 0.493 e. The van der Waals surface area contributed by atoms with Crippen LogP contribution in [0.15, 0.2) is 41.1 Å². The minimum atomic E-state index is 0.472. The molecule has 3 heteroatoms. The third-order valence-electron chi connectivity index (χ3n) is 3.90. The molecule has 2 heterocycles. The molecule has 0 amide bonds. The minimum Gasteiger partial charge on any atom is -0.493 e. The Bertz CT molecular complexity index is 523. The summed E-state index contributed by atoms with van der Waals surface area (Å²) >= 11 is 1.77. The lowest BCUT2D eigenvalue weighted by molar-refractivity contribution is 0.247. The maximum absolute atomic E-state index is 5.76. The Kier molecular flexibility index (Phi) is 3.85. The number of fused-ring (bicyclic) bond motifs is 1. The van der Waals surface area contributed by atoms with E-state index in [9.17, 15) is 0 Å². The van der Waals surface area contributed by atoms with Crippen molar-refractivity contribution in [1.82, 2.24) is 5.32 Å². The third-order valence-corrected chi connectivity index (χ3v) is 4.63. The van der Waals surface area contributed by atoms with Crippen LogP contribution >= 0.6 is 11.3 Å². The summed E-state index contributed by atoms with van der Waals surface area (Å²) < 4.78 is 5.76. The number of para-hydroxylation sites is 1. The van der Waals surface area contributed by atoms with Gasteiger partial charge in [0.15, 0.2) is 0 Å². The molecule has 1 aromatic carbocycles. The highest BCUT2D eigenvalue weighted by molar-refractivity contribution is 7.07. The van der Waals surface area contributed by atoms with Crippen molar-refractivity contribution < 1.29 is 4.74 Å². The first kappa shape index (κ1) is 12.7. The fourth-order valence-corrected chi connectivity index (χ4v) is 3.58. The highest BCUT2D eigenvalue weighted by Gasteiger charge is 2.27. The third kappa shape index (κ3) is 2.67. The zero-order valence-electron chi connectivity index (χ0n) is 11.1. The zero-order chi connectivity index (χ0) is 13.1. The molecule has 0 saturated heterocycles. The van der Waals surface area contributed by atoms with Gasteiger partial charge in [0, 0.05) is 12.0 Å². The Labute approximate surface area is 118 Å². The lowest BCUT2D eigenvalue weighted by Crippen LogP contribution is -2.36. The molecule has 0 spiro atoms. The first-order valence-electron chi connectivity index (χ1n) is 6.78. The van der Waals surface area contributed by atoms with E-state index in [0.717, 1.165) is 25.2 Å². The van der Waals surface area contributed by atoms with Crippen molar-refractivity contribution in [3.8, 4) is 5.75 Å². The van der Waals surface area contributed by atoms with Crippen LogP contribution in [0.5, 0.6) is 5.75 Å². The Morgan fingerprint density at radius 3 is 3.05 bits per heavy atom. The van der Waals surface area contributed by atoms with E-state index in [1.54, 1.807) is 11.3 Å². The zero-order valence-corrected chi connectivity index (χ0v) is 12.0. The van der Waals surface area contributed by atoms with Crippen molar-refractivity contribution in [1.29, 1.82) is 0 Å². The molecule has 0 aliphatic carbocycles. The maximum Gasteiger partial charge on any atom is 0.122 e. The molecule has 2 nitrogen and oxygen atoms in total. The molecular formula is C16H19NOS. The molecule has 2 aromatic rings. The van der Waals surface area contributed by atoms with E-state index in [2.05, 4.69) is 53.5 Å². The molecule has 0 bridgehead atoms. The summed E-state index contributed by atoms with van der Waals surface area (Å²) in [6, 6.07) is 11.1. The number of ether oxygens (including phenoxy) is 1. The van der Waals surface area contributed by atoms with Gasteiger partial charge in [-0.25, -0.2) is 0 Å². The quantitative estimate of drug-likeness (QED) is 0.921. The fraction of sp³-hybridized carbons (Fsp3) is 0.375. The molecule has 0 saturated carbocycles. The van der Waals surface area contributed by atoms with Crippen molar-refractivity contribution >= 4 is 11.3 Å². The van der Waals surface area contributed by atoms with Crippen LogP contribution < -0.4 is 10.1 Å². The topological polar surface area (TPSA) is 21.3 Å². The average Bonchev–Trinajstić information content (AvgIpc) is 2.97. The van der Waals surface area contributed by atoms with Gasteiger partial charge in [0.05, 0.1) is 6.61 Å². The van der Waals surface area contributed by atoms with Gasteiger partial charge in [-0.2, -0.15) is 11.3 Å². The van der Waals surface area contributed by atoms with Gasteiger partial charge in [0.25, 0.3) is 0 Å². The molecule has 2 unspecified atom stereocenters. The van der Waals surface area contributed by atoms with E-state index in [1.807, 2.05) is 0 Å². The van der Waals surface area contributed by atoms with E-state index in [4.69, 9.17) is 4.74 Å². The van der Waals surface area contributed by atoms with Gasteiger partial charge in [0.2, 0.25) is 0 Å². The van der Waals surface area contributed by atoms with Gasteiger partial charge in [-0.05, 0) is 53.9 Å². The lowest BCUT2D eigenvalue weighted by Gasteiger charge is -2.32. The van der Waals surface area contributed by atoms with Crippen LogP contribution in [0.2, 0.25) is 0 Å². The summed E-state index contributed by atoms with van der Waals surface area (Å²) in [5.41, 5.74) is 2.77. The van der Waals surface area contributed by atoms with Crippen LogP contribution in [0.25, 0.3) is 0 Å². The second kappa shape index (κ2) is 5.76. The lowest BCUT2D eigenvalue weighted by atomic mass is 9.84. The number of rotatable bonds is 4. The second-order valence-corrected chi connectivity index (χ2v) is 5.79. The highest BCUT2D eigenvalue weighted by atomic mass is 32.1. The van der Waals surface area contributed by atoms with Crippen LogP contribution in [0, 0.1) is 0 Å². The van der Waals surface area contributed by atoms with Gasteiger partial charge in [-0.3, -0.25) is 0 Å². The monoisotopic (exact) mass is 273 g/mol. The van der Waals surface area contributed by atoms with E-state index in [1.165, 1.54) is 11.1 Å². The molecule has 100 valence electrons. The number of likely N-dealkylation sites (N-methyl/N-ethyl adjacent to an activating group) is 1. The van der Waals surface area contributed by atoms with Crippen molar-refractivity contribution in [3.05, 3.63) is 52.2 Å². The van der Waals surface area contributed by atoms with Gasteiger partial charge < -0.3 is 10.1 Å². The Balaban J connectivity index is 1.84. The summed E-state index contributed by atoms with van der Waals surface area (Å²) in [4.78, 5) is 0. The van der Waals surface area contributed by atoms with E-state index in [0.29, 0.717) is 12.0 Å². The molecule has 1 aliphatic heterocycles. The Hall–Kier alpha value is -1.32. The summed E-state index contributed by atoms with van der Waals surface area (Å²) in [6.45, 7) is 0.823. The first-order valence-corrected chi connectivity index (χ1v) is 7.73. The molecule has 1 aromatic heterocycles. The molecule has 1 N–H and O–H groups in total. The van der Waals surface area contributed by atoms with Crippen molar-refractivity contribution in [2.24, 2.45) is 0 Å². The first-order chi connectivity index (χ1) is 9.38. The van der Waals surface area contributed by atoms with Crippen LogP contribution in [0.4, 0.5) is 0 Å². The Morgan fingerprint density at radius 1 is 1.37 bits per heavy atom. The second-order valence-electron chi connectivity index (χ2n) is 5.01. The summed E-state index contributed by atoms with van der Waals surface area (Å²) in [6.07, 6.45) is 2.17. The molecule has 19 heavy (non-hydrogen) atoms. The van der Waals surface area contributed by atoms with Crippen LogP contribution in [-0.4, -0.2) is 19.7 Å². The standard InChI is InChI=1S/C16H19NOS/c1-17-15(10-12-7-9-19-11-12)13-6-8-18-16-5-3-2-4-14(13)16/h2-5,7,9,11,13,15,17H,6,8,10H2,1H3. The summed E-state index contributed by atoms with van der Waals surface area (Å²) in [7, 11) is 2.06. The van der Waals surface area contributed by atoms with E-state index in [-0.39, 0.29) is 0 Å². The smallest absolute Gasteiger partial charge is 0.122 e. The molecule has 0 fully saturated rings. The van der Waals surface area contributed by atoms with Crippen molar-refractivity contribution in [3.63, 3.8) is 0 Å². The predicted octanol–water partition coefficient (Wildman–Crippen LogP) is 3.44. The average molecular weight is 273 g/mol. The number of hydrogen-bond acceptors (Lipinski definition) is 3. The van der Waals surface area contributed by atoms with Crippen LogP contribution in [0.1, 0.15) is 23.5 Å². The van der Waals surface area contributed by atoms with Crippen molar-refractivity contribution in [2.45, 2.75) is 24.8 Å². The van der Waals surface area contributed by atoms with E-state index >= 15 is 0 Å². The number of nitrogens with one attached hydrogen (secondary N) is 1. The van der Waals surface area contributed by atoms with Gasteiger partial charge in [-0.15, -0.1) is 0 Å². The maximum atomic E-state index is 5.76. The van der Waals surface area contributed by atoms with Gasteiger partial charge in [0.1, 0.15) is 5.75 Å². The highest BCUT2D eigenvalue weighted by Crippen LogP contribution is 2.36. The summed E-state index contributed by atoms with van der Waals surface area (Å²) in [5, 5.41) is 7.90. The molecule has 0 radical (unpaired) electrons.